The van der Waals surface area contributed by atoms with Crippen molar-refractivity contribution in [3.63, 3.8) is 0 Å². The predicted molar refractivity (Wildman–Crippen MR) is 96.9 cm³/mol. The molecule has 0 heterocycles. The largest absolute Gasteiger partial charge is 0.376 e. The fraction of sp³-hybridized carbons (Fsp3) is 1.00. The highest BCUT2D eigenvalue weighted by molar-refractivity contribution is 4.81. The third kappa shape index (κ3) is 9.07. The second kappa shape index (κ2) is 9.39. The molecule has 3 nitrogen and oxygen atoms in total. The van der Waals surface area contributed by atoms with Gasteiger partial charge >= 0.3 is 0 Å². The molecule has 0 radical (unpaired) electrons. The zero-order valence-electron chi connectivity index (χ0n) is 16.6. The fourth-order valence-corrected chi connectivity index (χ4v) is 3.73. The number of hydrogen-bond donors (Lipinski definition) is 0. The second-order valence-corrected chi connectivity index (χ2v) is 8.59. The summed E-state index contributed by atoms with van der Waals surface area (Å²) in [4.78, 5) is 0. The highest BCUT2D eigenvalue weighted by Crippen LogP contribution is 2.34. The van der Waals surface area contributed by atoms with Crippen LogP contribution in [0.4, 0.5) is 0 Å². The highest BCUT2D eigenvalue weighted by Gasteiger charge is 2.30. The van der Waals surface area contributed by atoms with Crippen LogP contribution in [0.15, 0.2) is 0 Å². The van der Waals surface area contributed by atoms with Crippen molar-refractivity contribution in [2.24, 2.45) is 5.92 Å². The summed E-state index contributed by atoms with van der Waals surface area (Å²) < 4.78 is 18.0. The summed E-state index contributed by atoms with van der Waals surface area (Å²) in [5.74, 6) is 0.724. The van der Waals surface area contributed by atoms with Crippen molar-refractivity contribution in [2.75, 3.05) is 13.2 Å². The molecule has 0 aromatic heterocycles. The maximum Gasteiger partial charge on any atom is 0.0648 e. The van der Waals surface area contributed by atoms with Crippen LogP contribution < -0.4 is 0 Å². The molecule has 0 aromatic carbocycles. The summed E-state index contributed by atoms with van der Waals surface area (Å²) in [6.45, 7) is 16.6. The van der Waals surface area contributed by atoms with Gasteiger partial charge in [-0.1, -0.05) is 12.8 Å². The lowest BCUT2D eigenvalue weighted by molar-refractivity contribution is -0.0838. The summed E-state index contributed by atoms with van der Waals surface area (Å²) in [6.07, 6.45) is 7.86. The monoisotopic (exact) mass is 328 g/mol. The summed E-state index contributed by atoms with van der Waals surface area (Å²) >= 11 is 0. The van der Waals surface area contributed by atoms with Gasteiger partial charge in [0.05, 0.1) is 30.0 Å². The standard InChI is InChI=1S/C20H40O3/c1-8-21-19(4,5)12-13-22-20(6,7)15-17-10-9-11-18(14-17)23-16(2)3/h16-18H,8-15H2,1-7H3. The average molecular weight is 329 g/mol. The summed E-state index contributed by atoms with van der Waals surface area (Å²) in [5.41, 5.74) is -0.154. The van der Waals surface area contributed by atoms with E-state index >= 15 is 0 Å². The van der Waals surface area contributed by atoms with Gasteiger partial charge in [-0.15, -0.1) is 0 Å². The number of ether oxygens (including phenoxy) is 3. The fourth-order valence-electron chi connectivity index (χ4n) is 3.73. The average Bonchev–Trinajstić information content (AvgIpc) is 2.36. The van der Waals surface area contributed by atoms with Gasteiger partial charge in [0.15, 0.2) is 0 Å². The highest BCUT2D eigenvalue weighted by atomic mass is 16.5. The Labute approximate surface area is 144 Å². The SMILES string of the molecule is CCOC(C)(C)CCOC(C)(C)CC1CCCC(OC(C)C)C1. The second-order valence-electron chi connectivity index (χ2n) is 8.59. The molecule has 1 fully saturated rings. The molecule has 138 valence electrons. The lowest BCUT2D eigenvalue weighted by atomic mass is 9.80. The zero-order valence-corrected chi connectivity index (χ0v) is 16.6. The van der Waals surface area contributed by atoms with Crippen LogP contribution in [0.1, 0.15) is 87.0 Å². The first-order valence-electron chi connectivity index (χ1n) is 9.57. The Kier molecular flexibility index (Phi) is 8.54. The number of hydrogen-bond acceptors (Lipinski definition) is 3. The quantitative estimate of drug-likeness (QED) is 0.540. The van der Waals surface area contributed by atoms with Gasteiger partial charge in [-0.05, 0) is 80.1 Å². The molecule has 0 amide bonds. The van der Waals surface area contributed by atoms with E-state index in [1.165, 1.54) is 25.7 Å². The van der Waals surface area contributed by atoms with Crippen molar-refractivity contribution in [2.45, 2.75) is 110 Å². The van der Waals surface area contributed by atoms with E-state index in [1.807, 2.05) is 6.92 Å². The molecule has 1 aliphatic rings. The third-order valence-electron chi connectivity index (χ3n) is 4.71. The molecular weight excluding hydrogens is 288 g/mol. The summed E-state index contributed by atoms with van der Waals surface area (Å²) in [5, 5.41) is 0. The van der Waals surface area contributed by atoms with E-state index in [-0.39, 0.29) is 11.2 Å². The van der Waals surface area contributed by atoms with Crippen LogP contribution in [-0.2, 0) is 14.2 Å². The van der Waals surface area contributed by atoms with E-state index in [0.717, 1.165) is 32.0 Å². The Morgan fingerprint density at radius 1 is 1.00 bits per heavy atom. The van der Waals surface area contributed by atoms with Crippen molar-refractivity contribution in [3.05, 3.63) is 0 Å². The van der Waals surface area contributed by atoms with Crippen LogP contribution in [0, 0.1) is 5.92 Å². The maximum absolute atomic E-state index is 6.21. The maximum atomic E-state index is 6.21. The van der Waals surface area contributed by atoms with Gasteiger partial charge in [0.1, 0.15) is 0 Å². The first-order valence-corrected chi connectivity index (χ1v) is 9.57. The van der Waals surface area contributed by atoms with Gasteiger partial charge in [-0.25, -0.2) is 0 Å². The smallest absolute Gasteiger partial charge is 0.0648 e. The molecule has 0 aliphatic heterocycles. The van der Waals surface area contributed by atoms with E-state index < -0.39 is 0 Å². The van der Waals surface area contributed by atoms with Gasteiger partial charge in [0.25, 0.3) is 0 Å². The van der Waals surface area contributed by atoms with Crippen molar-refractivity contribution in [3.8, 4) is 0 Å². The van der Waals surface area contributed by atoms with Crippen LogP contribution in [0.2, 0.25) is 0 Å². The van der Waals surface area contributed by atoms with E-state index in [9.17, 15) is 0 Å². The van der Waals surface area contributed by atoms with Crippen LogP contribution in [0.5, 0.6) is 0 Å². The topological polar surface area (TPSA) is 27.7 Å². The van der Waals surface area contributed by atoms with Gasteiger partial charge in [0.2, 0.25) is 0 Å². The predicted octanol–water partition coefficient (Wildman–Crippen LogP) is 5.36. The van der Waals surface area contributed by atoms with E-state index in [2.05, 4.69) is 41.5 Å². The molecule has 0 aromatic rings. The normalized spacial score (nSPS) is 23.5. The molecule has 0 saturated heterocycles. The molecule has 0 N–H and O–H groups in total. The Morgan fingerprint density at radius 2 is 1.70 bits per heavy atom. The summed E-state index contributed by atoms with van der Waals surface area (Å²) in [7, 11) is 0. The van der Waals surface area contributed by atoms with Crippen molar-refractivity contribution in [1.29, 1.82) is 0 Å². The van der Waals surface area contributed by atoms with E-state index in [4.69, 9.17) is 14.2 Å². The van der Waals surface area contributed by atoms with Gasteiger partial charge < -0.3 is 14.2 Å². The molecule has 3 heteroatoms. The van der Waals surface area contributed by atoms with Crippen molar-refractivity contribution in [1.82, 2.24) is 0 Å². The van der Waals surface area contributed by atoms with Crippen LogP contribution in [0.3, 0.4) is 0 Å². The Balaban J connectivity index is 2.36. The zero-order chi connectivity index (χ0) is 17.5. The third-order valence-corrected chi connectivity index (χ3v) is 4.71. The minimum atomic E-state index is -0.0914. The number of rotatable bonds is 10. The first-order chi connectivity index (χ1) is 10.6. The Bertz CT molecular complexity index is 323. The minimum absolute atomic E-state index is 0.0628. The van der Waals surface area contributed by atoms with E-state index in [1.54, 1.807) is 0 Å². The lowest BCUT2D eigenvalue weighted by Crippen LogP contribution is -2.34. The lowest BCUT2D eigenvalue weighted by Gasteiger charge is -2.36. The van der Waals surface area contributed by atoms with Gasteiger partial charge in [-0.2, -0.15) is 0 Å². The van der Waals surface area contributed by atoms with Crippen molar-refractivity contribution >= 4 is 0 Å². The molecule has 2 atom stereocenters. The molecule has 0 spiro atoms. The molecular formula is C20H40O3. The molecule has 23 heavy (non-hydrogen) atoms. The first kappa shape index (κ1) is 20.9. The molecule has 1 saturated carbocycles. The van der Waals surface area contributed by atoms with Crippen LogP contribution in [0.25, 0.3) is 0 Å². The van der Waals surface area contributed by atoms with Crippen molar-refractivity contribution < 1.29 is 14.2 Å². The Morgan fingerprint density at radius 3 is 2.30 bits per heavy atom. The molecule has 1 rings (SSSR count). The Hall–Kier alpha value is -0.120. The van der Waals surface area contributed by atoms with E-state index in [0.29, 0.717) is 12.2 Å². The molecule has 0 bridgehead atoms. The summed E-state index contributed by atoms with van der Waals surface area (Å²) in [6, 6.07) is 0. The minimum Gasteiger partial charge on any atom is -0.376 e. The molecule has 1 aliphatic carbocycles. The van der Waals surface area contributed by atoms with Crippen LogP contribution >= 0.6 is 0 Å². The van der Waals surface area contributed by atoms with Crippen LogP contribution in [-0.4, -0.2) is 36.6 Å². The van der Waals surface area contributed by atoms with Gasteiger partial charge in [-0.3, -0.25) is 0 Å². The van der Waals surface area contributed by atoms with Gasteiger partial charge in [0, 0.05) is 6.61 Å². The molecule has 2 unspecified atom stereocenters.